The van der Waals surface area contributed by atoms with E-state index in [4.69, 9.17) is 0 Å². The maximum Gasteiger partial charge on any atom is -0.147 e. The van der Waals surface area contributed by atoms with Crippen molar-refractivity contribution in [2.75, 3.05) is 0 Å². The Morgan fingerprint density at radius 1 is 0.682 bits per heavy atom. The van der Waals surface area contributed by atoms with Gasteiger partial charge in [-0.05, 0) is 0 Å². The molecule has 0 saturated heterocycles. The van der Waals surface area contributed by atoms with Crippen LogP contribution in [-0.4, -0.2) is 5.43 Å². The van der Waals surface area contributed by atoms with Crippen LogP contribution in [0.15, 0.2) is 100 Å². The van der Waals surface area contributed by atoms with Crippen molar-refractivity contribution in [1.29, 1.82) is 0 Å². The first kappa shape index (κ1) is 34.9. The van der Waals surface area contributed by atoms with Crippen LogP contribution in [-0.2, 0) is 37.6 Å². The molecule has 0 amide bonds. The predicted octanol–water partition coefficient (Wildman–Crippen LogP) is 9.21. The van der Waals surface area contributed by atoms with Gasteiger partial charge in [0.15, 0.2) is 0 Å². The molecule has 2 aliphatic rings. The van der Waals surface area contributed by atoms with E-state index in [0.717, 1.165) is 12.8 Å². The molecule has 6 rings (SSSR count). The number of allylic oxidation sites excluding steroid dienone is 4. The monoisotopic (exact) mass is 714 g/mol. The molecule has 0 fully saturated rings. The minimum Gasteiger partial charge on any atom is -0.147 e. The van der Waals surface area contributed by atoms with Crippen LogP contribution in [0, 0.1) is 13.8 Å². The molecule has 4 heteroatoms. The van der Waals surface area contributed by atoms with Crippen molar-refractivity contribution in [3.63, 3.8) is 0 Å². The van der Waals surface area contributed by atoms with Crippen LogP contribution >= 0.6 is 24.8 Å². The summed E-state index contributed by atoms with van der Waals surface area (Å²) in [6.07, 6.45) is 9.45. The molecule has 0 heterocycles. The number of aryl methyl sites for hydroxylation is 1. The van der Waals surface area contributed by atoms with Gasteiger partial charge in [0.05, 0.1) is 0 Å². The van der Waals surface area contributed by atoms with Gasteiger partial charge in [-0.3, -0.25) is 0 Å². The van der Waals surface area contributed by atoms with Crippen LogP contribution in [0.2, 0.25) is 0 Å². The second kappa shape index (κ2) is 13.4. The summed E-state index contributed by atoms with van der Waals surface area (Å²) in [6, 6.07) is 30.8. The Balaban J connectivity index is 0.00000221. The van der Waals surface area contributed by atoms with Crippen LogP contribution in [0.1, 0.15) is 81.3 Å². The van der Waals surface area contributed by atoms with E-state index in [2.05, 4.69) is 152 Å². The Morgan fingerprint density at radius 2 is 1.23 bits per heavy atom. The molecule has 4 aromatic rings. The summed E-state index contributed by atoms with van der Waals surface area (Å²) in [5, 5.41) is 3.15. The Labute approximate surface area is 286 Å². The van der Waals surface area contributed by atoms with Crippen LogP contribution < -0.4 is 13.6 Å². The summed E-state index contributed by atoms with van der Waals surface area (Å²) in [7, 11) is 0. The average molecular weight is 717 g/mol. The summed E-state index contributed by atoms with van der Waals surface area (Å²) >= 11 is -2.53. The molecule has 228 valence electrons. The molecule has 0 unspecified atom stereocenters. The first-order valence-electron chi connectivity index (χ1n) is 15.5. The topological polar surface area (TPSA) is 0 Å². The van der Waals surface area contributed by atoms with Gasteiger partial charge < -0.3 is 0 Å². The second-order valence-electron chi connectivity index (χ2n) is 14.3. The van der Waals surface area contributed by atoms with Crippen molar-refractivity contribution in [2.45, 2.75) is 79.1 Å². The second-order valence-corrected chi connectivity index (χ2v) is 27.5. The fourth-order valence-electron chi connectivity index (χ4n) is 7.28. The van der Waals surface area contributed by atoms with Crippen LogP contribution in [0.25, 0.3) is 11.1 Å². The normalized spacial score (nSPS) is 13.4. The first-order chi connectivity index (χ1) is 19.9. The number of benzene rings is 4. The summed E-state index contributed by atoms with van der Waals surface area (Å²) < 4.78 is 3.56. The number of halogens is 2. The van der Waals surface area contributed by atoms with E-state index in [1.807, 2.05) is 0 Å². The molecule has 0 bridgehead atoms. The van der Waals surface area contributed by atoms with Crippen LogP contribution in [0.5, 0.6) is 0 Å². The Bertz CT molecular complexity index is 1740. The van der Waals surface area contributed by atoms with E-state index in [1.54, 1.807) is 28.1 Å². The van der Waals surface area contributed by atoms with Gasteiger partial charge in [0, 0.05) is 0 Å². The summed E-state index contributed by atoms with van der Waals surface area (Å²) in [4.78, 5) is 0. The quantitative estimate of drug-likeness (QED) is 0.163. The number of hydrogen-bond acceptors (Lipinski definition) is 0. The zero-order valence-electron chi connectivity index (χ0n) is 27.5. The Hall–Kier alpha value is -1.96. The van der Waals surface area contributed by atoms with Crippen molar-refractivity contribution < 1.29 is 20.4 Å². The van der Waals surface area contributed by atoms with Crippen LogP contribution in [0.3, 0.4) is 0 Å². The molecule has 44 heavy (non-hydrogen) atoms. The third kappa shape index (κ3) is 6.48. The van der Waals surface area contributed by atoms with Crippen molar-refractivity contribution in [3.8, 4) is 11.1 Å². The molecule has 4 aromatic carbocycles. The van der Waals surface area contributed by atoms with Gasteiger partial charge >= 0.3 is 263 Å². The van der Waals surface area contributed by atoms with Crippen LogP contribution in [0.4, 0.5) is 0 Å². The molecule has 2 aliphatic carbocycles. The van der Waals surface area contributed by atoms with Gasteiger partial charge in [0.1, 0.15) is 0 Å². The van der Waals surface area contributed by atoms with Crippen molar-refractivity contribution in [3.05, 3.63) is 134 Å². The van der Waals surface area contributed by atoms with Gasteiger partial charge in [0.25, 0.3) is 0 Å². The third-order valence-electron chi connectivity index (χ3n) is 9.14. The Kier molecular flexibility index (Phi) is 10.6. The van der Waals surface area contributed by atoms with E-state index < -0.39 is 25.8 Å². The van der Waals surface area contributed by atoms with Crippen molar-refractivity contribution >= 4 is 43.9 Å². The summed E-state index contributed by atoms with van der Waals surface area (Å²) in [6.45, 7) is 19.1. The fourth-order valence-corrected chi connectivity index (χ4v) is 28.6. The Morgan fingerprint density at radius 3 is 1.73 bits per heavy atom. The SMILES string of the molecule is Cc1cc2c(cc1C(C)(C)C)-c1cc(C(C)(C)C)c(C)[c]([Zr]([C]3=CC=CC3)=[Si](c3ccccc3)c3ccccc3)c1C2.Cl.Cl. The molecule has 0 atom stereocenters. The van der Waals surface area contributed by atoms with E-state index in [-0.39, 0.29) is 35.6 Å². The van der Waals surface area contributed by atoms with E-state index in [1.165, 1.54) is 33.4 Å². The predicted molar refractivity (Wildman–Crippen MR) is 195 cm³/mol. The zero-order valence-corrected chi connectivity index (χ0v) is 32.6. The molecule has 0 nitrogen and oxygen atoms in total. The maximum absolute atomic E-state index is 2.60. The third-order valence-corrected chi connectivity index (χ3v) is 28.2. The first-order valence-corrected chi connectivity index (χ1v) is 23.1. The standard InChI is InChI=1S/C23H29.C12H10Si.C5H5.2ClH.Zr/c1-14-9-16-11-17-10-15(2)21(23(6,7)8)13-19(17)18(16)12-20(14)22(3,4)5;1-3-7-11(8-4-1)13-12-9-5-2-6-10-12;1-2-4-5-3-1;;;/h9,12-13H,11H2,1-8H3;1-10H;1-3H,4H2;2*1H;. The van der Waals surface area contributed by atoms with Gasteiger partial charge in [-0.1, -0.05) is 0 Å². The molecule has 0 saturated carbocycles. The summed E-state index contributed by atoms with van der Waals surface area (Å²) in [5.74, 6) is 0. The number of rotatable bonds is 4. The van der Waals surface area contributed by atoms with Gasteiger partial charge in [-0.15, -0.1) is 24.8 Å². The van der Waals surface area contributed by atoms with Gasteiger partial charge in [-0.25, -0.2) is 0 Å². The number of hydrogen-bond donors (Lipinski definition) is 0. The largest absolute Gasteiger partial charge is 0.147 e. The minimum absolute atomic E-state index is 0. The maximum atomic E-state index is 2.60. The van der Waals surface area contributed by atoms with Crippen molar-refractivity contribution in [1.82, 2.24) is 0 Å². The molecule has 0 aromatic heterocycles. The summed E-state index contributed by atoms with van der Waals surface area (Å²) in [5.41, 5.74) is 11.4. The van der Waals surface area contributed by atoms with Crippen molar-refractivity contribution in [2.24, 2.45) is 0 Å². The smallest absolute Gasteiger partial charge is 0.147 e. The average Bonchev–Trinajstić information content (AvgIpc) is 3.59. The molecule has 0 spiro atoms. The molecule has 0 aliphatic heterocycles. The molecular formula is C40H46Cl2SiZr. The fraction of sp³-hybridized carbons (Fsp3) is 0.300. The number of fused-ring (bicyclic) bond motifs is 3. The minimum atomic E-state index is -2.53. The zero-order chi connectivity index (χ0) is 29.8. The molecular weight excluding hydrogens is 671 g/mol. The van der Waals surface area contributed by atoms with E-state index in [9.17, 15) is 0 Å². The van der Waals surface area contributed by atoms with E-state index in [0.29, 0.717) is 0 Å². The molecule has 0 N–H and O–H groups in total. The molecule has 0 radical (unpaired) electrons. The van der Waals surface area contributed by atoms with Gasteiger partial charge in [-0.2, -0.15) is 0 Å². The van der Waals surface area contributed by atoms with E-state index >= 15 is 0 Å². The van der Waals surface area contributed by atoms with Gasteiger partial charge in [0.2, 0.25) is 0 Å².